The first-order valence-electron chi connectivity index (χ1n) is 11.5. The minimum atomic E-state index is -0.0752. The molecule has 0 heterocycles. The fraction of sp³-hybridized carbons (Fsp3) is 0.161. The minimum absolute atomic E-state index is 0.0752. The van der Waals surface area contributed by atoms with Crippen LogP contribution in [0.1, 0.15) is 36.1 Å². The van der Waals surface area contributed by atoms with E-state index < -0.39 is 0 Å². The molecule has 0 aliphatic carbocycles. The SMILES string of the molecule is C=C(/C=C\C=C/C)C(C)N/C(=N/C(=N)c1cccc(C)c1)c1c(C)cccc1-c1ccccc1. The zero-order valence-electron chi connectivity index (χ0n) is 20.5. The third-order valence-corrected chi connectivity index (χ3v) is 5.63. The number of nitrogens with zero attached hydrogens (tertiary/aromatic N) is 1. The predicted octanol–water partition coefficient (Wildman–Crippen LogP) is 7.41. The Morgan fingerprint density at radius 3 is 2.41 bits per heavy atom. The number of aryl methyl sites for hydroxylation is 2. The van der Waals surface area contributed by atoms with Crippen molar-refractivity contribution in [2.45, 2.75) is 33.7 Å². The van der Waals surface area contributed by atoms with E-state index in [4.69, 9.17) is 10.4 Å². The fourth-order valence-corrected chi connectivity index (χ4v) is 3.70. The Labute approximate surface area is 203 Å². The van der Waals surface area contributed by atoms with Crippen molar-refractivity contribution >= 4 is 11.7 Å². The van der Waals surface area contributed by atoms with Crippen molar-refractivity contribution in [3.8, 4) is 11.1 Å². The van der Waals surface area contributed by atoms with E-state index in [0.717, 1.165) is 39.0 Å². The van der Waals surface area contributed by atoms with Crippen molar-refractivity contribution < 1.29 is 0 Å². The van der Waals surface area contributed by atoms with Gasteiger partial charge in [0.1, 0.15) is 5.84 Å². The van der Waals surface area contributed by atoms with Crippen molar-refractivity contribution in [1.82, 2.24) is 5.32 Å². The second kappa shape index (κ2) is 11.8. The zero-order valence-corrected chi connectivity index (χ0v) is 20.5. The Kier molecular flexibility index (Phi) is 8.53. The lowest BCUT2D eigenvalue weighted by Crippen LogP contribution is -2.35. The van der Waals surface area contributed by atoms with Crippen molar-refractivity contribution in [3.05, 3.63) is 132 Å². The van der Waals surface area contributed by atoms with Gasteiger partial charge in [0.15, 0.2) is 5.84 Å². The molecule has 1 unspecified atom stereocenters. The highest BCUT2D eigenvalue weighted by Gasteiger charge is 2.18. The Morgan fingerprint density at radius 1 is 0.971 bits per heavy atom. The maximum atomic E-state index is 8.77. The molecule has 3 aromatic carbocycles. The number of rotatable bonds is 7. The summed E-state index contributed by atoms with van der Waals surface area (Å²) in [6, 6.07) is 24.4. The van der Waals surface area contributed by atoms with Crippen LogP contribution in [0.2, 0.25) is 0 Å². The molecule has 0 aliphatic rings. The molecular formula is C31H33N3. The first-order chi connectivity index (χ1) is 16.4. The van der Waals surface area contributed by atoms with Crippen LogP contribution < -0.4 is 5.32 Å². The van der Waals surface area contributed by atoms with Gasteiger partial charge in [-0.05, 0) is 56.0 Å². The van der Waals surface area contributed by atoms with Gasteiger partial charge in [0, 0.05) is 17.2 Å². The Hall–Kier alpha value is -3.98. The van der Waals surface area contributed by atoms with Gasteiger partial charge < -0.3 is 5.32 Å². The molecule has 34 heavy (non-hydrogen) atoms. The summed E-state index contributed by atoms with van der Waals surface area (Å²) >= 11 is 0. The van der Waals surface area contributed by atoms with Crippen molar-refractivity contribution in [1.29, 1.82) is 5.41 Å². The van der Waals surface area contributed by atoms with E-state index in [1.165, 1.54) is 0 Å². The summed E-state index contributed by atoms with van der Waals surface area (Å²) in [5, 5.41) is 12.3. The molecule has 3 nitrogen and oxygen atoms in total. The van der Waals surface area contributed by atoms with Crippen LogP contribution in [0, 0.1) is 19.3 Å². The highest BCUT2D eigenvalue weighted by atomic mass is 15.0. The van der Waals surface area contributed by atoms with Crippen LogP contribution in [-0.2, 0) is 0 Å². The number of allylic oxidation sites excluding steroid dienone is 3. The number of nitrogens with one attached hydrogen (secondary N) is 2. The molecule has 0 aliphatic heterocycles. The van der Waals surface area contributed by atoms with E-state index in [1.807, 2.05) is 80.6 Å². The van der Waals surface area contributed by atoms with E-state index >= 15 is 0 Å². The van der Waals surface area contributed by atoms with Crippen LogP contribution in [0.3, 0.4) is 0 Å². The molecule has 1 atom stereocenters. The molecule has 3 rings (SSSR count). The maximum absolute atomic E-state index is 8.77. The Balaban J connectivity index is 2.11. The summed E-state index contributed by atoms with van der Waals surface area (Å²) in [5.74, 6) is 0.882. The topological polar surface area (TPSA) is 48.2 Å². The second-order valence-corrected chi connectivity index (χ2v) is 8.37. The molecule has 0 saturated carbocycles. The lowest BCUT2D eigenvalue weighted by Gasteiger charge is -2.21. The Morgan fingerprint density at radius 2 is 1.71 bits per heavy atom. The number of hydrogen-bond acceptors (Lipinski definition) is 1. The third-order valence-electron chi connectivity index (χ3n) is 5.63. The minimum Gasteiger partial charge on any atom is -0.363 e. The number of amidine groups is 2. The fourth-order valence-electron chi connectivity index (χ4n) is 3.70. The molecule has 0 aromatic heterocycles. The lowest BCUT2D eigenvalue weighted by atomic mass is 9.94. The predicted molar refractivity (Wildman–Crippen MR) is 147 cm³/mol. The summed E-state index contributed by atoms with van der Waals surface area (Å²) in [6.45, 7) is 12.4. The number of benzene rings is 3. The summed E-state index contributed by atoms with van der Waals surface area (Å²) in [4.78, 5) is 4.83. The van der Waals surface area contributed by atoms with Gasteiger partial charge in [-0.25, -0.2) is 4.99 Å². The van der Waals surface area contributed by atoms with Gasteiger partial charge in [-0.3, -0.25) is 5.41 Å². The Bertz CT molecular complexity index is 1250. The highest BCUT2D eigenvalue weighted by Crippen LogP contribution is 2.27. The summed E-state index contributed by atoms with van der Waals surface area (Å²) in [5.41, 5.74) is 7.08. The van der Waals surface area contributed by atoms with Gasteiger partial charge in [-0.15, -0.1) is 0 Å². The van der Waals surface area contributed by atoms with Crippen LogP contribution in [0.5, 0.6) is 0 Å². The average molecular weight is 448 g/mol. The molecule has 0 radical (unpaired) electrons. The van der Waals surface area contributed by atoms with Crippen LogP contribution in [0.4, 0.5) is 0 Å². The van der Waals surface area contributed by atoms with Gasteiger partial charge in [0.25, 0.3) is 0 Å². The van der Waals surface area contributed by atoms with Gasteiger partial charge in [-0.1, -0.05) is 103 Å². The molecule has 3 aromatic rings. The summed E-state index contributed by atoms with van der Waals surface area (Å²) in [6.07, 6.45) is 7.94. The quantitative estimate of drug-likeness (QED) is 0.221. The summed E-state index contributed by atoms with van der Waals surface area (Å²) < 4.78 is 0. The largest absolute Gasteiger partial charge is 0.363 e. The van der Waals surface area contributed by atoms with Crippen LogP contribution in [-0.4, -0.2) is 17.7 Å². The van der Waals surface area contributed by atoms with Crippen molar-refractivity contribution in [2.24, 2.45) is 4.99 Å². The number of aliphatic imine (C=N–C) groups is 1. The van der Waals surface area contributed by atoms with Gasteiger partial charge >= 0.3 is 0 Å². The molecule has 0 bridgehead atoms. The van der Waals surface area contributed by atoms with E-state index in [9.17, 15) is 0 Å². The summed E-state index contributed by atoms with van der Waals surface area (Å²) in [7, 11) is 0. The van der Waals surface area contributed by atoms with Gasteiger partial charge in [0.2, 0.25) is 0 Å². The van der Waals surface area contributed by atoms with Gasteiger partial charge in [0.05, 0.1) is 0 Å². The van der Waals surface area contributed by atoms with E-state index in [1.54, 1.807) is 0 Å². The molecule has 3 heteroatoms. The first kappa shape index (κ1) is 24.7. The maximum Gasteiger partial charge on any atom is 0.154 e. The smallest absolute Gasteiger partial charge is 0.154 e. The molecule has 0 saturated heterocycles. The zero-order chi connectivity index (χ0) is 24.5. The molecular weight excluding hydrogens is 414 g/mol. The van der Waals surface area contributed by atoms with Crippen molar-refractivity contribution in [2.75, 3.05) is 0 Å². The second-order valence-electron chi connectivity index (χ2n) is 8.37. The van der Waals surface area contributed by atoms with E-state index in [-0.39, 0.29) is 11.9 Å². The highest BCUT2D eigenvalue weighted by molar-refractivity contribution is 6.13. The first-order valence-corrected chi connectivity index (χ1v) is 11.5. The normalized spacial score (nSPS) is 12.8. The number of hydrogen-bond donors (Lipinski definition) is 2. The lowest BCUT2D eigenvalue weighted by molar-refractivity contribution is 0.779. The van der Waals surface area contributed by atoms with E-state index in [2.05, 4.69) is 56.1 Å². The molecule has 0 amide bonds. The third kappa shape index (κ3) is 6.29. The average Bonchev–Trinajstić information content (AvgIpc) is 2.84. The van der Waals surface area contributed by atoms with E-state index in [0.29, 0.717) is 5.84 Å². The van der Waals surface area contributed by atoms with Crippen LogP contribution >= 0.6 is 0 Å². The molecule has 0 fully saturated rings. The van der Waals surface area contributed by atoms with Crippen LogP contribution in [0.15, 0.2) is 114 Å². The van der Waals surface area contributed by atoms with Crippen LogP contribution in [0.25, 0.3) is 11.1 Å². The van der Waals surface area contributed by atoms with Crippen molar-refractivity contribution in [3.63, 3.8) is 0 Å². The standard InChI is InChI=1S/C31H33N3/c1-6-7-9-15-23(3)25(5)33-31(34-30(32)27-19-12-14-22(2)21-27)29-24(4)16-13-20-28(29)26-17-10-8-11-18-26/h6-21,25H,3H2,1-2,4-5H3,(H2,32,33,34)/b7-6-,15-9-. The molecule has 2 N–H and O–H groups in total. The van der Waals surface area contributed by atoms with Gasteiger partial charge in [-0.2, -0.15) is 0 Å². The monoisotopic (exact) mass is 447 g/mol. The molecule has 0 spiro atoms. The molecule has 172 valence electrons.